The number of nitrogens with one attached hydrogen (secondary N) is 1. The zero-order valence-corrected chi connectivity index (χ0v) is 14.2. The van der Waals surface area contributed by atoms with Gasteiger partial charge in [-0.2, -0.15) is 0 Å². The molecule has 0 bridgehead atoms. The Bertz CT molecular complexity index is 730. The number of aromatic hydroxyl groups is 1. The van der Waals surface area contributed by atoms with E-state index in [1.54, 1.807) is 17.8 Å². The Kier molecular flexibility index (Phi) is 8.45. The third kappa shape index (κ3) is 6.33. The molecule has 1 aromatic heterocycles. The second-order valence-electron chi connectivity index (χ2n) is 5.21. The van der Waals surface area contributed by atoms with E-state index < -0.39 is 5.91 Å². The molecule has 0 saturated heterocycles. The molecule has 0 spiro atoms. The van der Waals surface area contributed by atoms with Crippen molar-refractivity contribution < 1.29 is 24.3 Å². The van der Waals surface area contributed by atoms with Crippen molar-refractivity contribution in [3.8, 4) is 5.75 Å². The number of phenols is 1. The molecule has 0 radical (unpaired) electrons. The fourth-order valence-corrected chi connectivity index (χ4v) is 2.18. The number of amides is 1. The summed E-state index contributed by atoms with van der Waals surface area (Å²) in [6.45, 7) is 2.98. The van der Waals surface area contributed by atoms with Crippen molar-refractivity contribution >= 4 is 24.6 Å². The molecular weight excluding hydrogens is 341 g/mol. The van der Waals surface area contributed by atoms with E-state index in [4.69, 9.17) is 15.1 Å². The Morgan fingerprint density at radius 3 is 2.58 bits per heavy atom. The number of halogens is 1. The number of fused-ring (bicyclic) bond motifs is 1. The van der Waals surface area contributed by atoms with E-state index in [2.05, 4.69) is 9.88 Å². The maximum atomic E-state index is 12.0. The van der Waals surface area contributed by atoms with Crippen LogP contribution in [0.4, 0.5) is 10.2 Å². The van der Waals surface area contributed by atoms with E-state index in [1.807, 2.05) is 19.9 Å². The largest absolute Gasteiger partial charge is 0.508 e. The van der Waals surface area contributed by atoms with Gasteiger partial charge in [-0.25, -0.2) is 14.9 Å². The van der Waals surface area contributed by atoms with Crippen molar-refractivity contribution in [2.75, 3.05) is 18.5 Å². The first-order valence-corrected chi connectivity index (χ1v) is 7.55. The third-order valence-corrected chi connectivity index (χ3v) is 3.41. The highest BCUT2D eigenvalue weighted by Gasteiger charge is 2.16. The first-order chi connectivity index (χ1) is 12.5. The summed E-state index contributed by atoms with van der Waals surface area (Å²) in [6, 6.07) is 7.02. The van der Waals surface area contributed by atoms with E-state index in [0.717, 1.165) is 24.3 Å². The standard InChI is InChI=1S/C11H13N3O2.C6H5FO.CH2O/c1-14-5-4-9-6-8(7-12-11(9)14)2-3-10(15)13-16;7-5-1-3-6(8)4-2-5;1-2/h2-3,6-7,16H,4-5H2,1H3,(H,13,15);1-4,8H;1H2/b3-2+;;. The minimum absolute atomic E-state index is 0.0893. The lowest BCUT2D eigenvalue weighted by Gasteiger charge is -2.09. The second kappa shape index (κ2) is 10.6. The minimum atomic E-state index is -0.544. The number of hydrogen-bond acceptors (Lipinski definition) is 6. The number of likely N-dealkylation sites (N-methyl/N-ethyl adjacent to an activating group) is 1. The Balaban J connectivity index is 0.000000284. The fourth-order valence-electron chi connectivity index (χ4n) is 2.18. The van der Waals surface area contributed by atoms with Crippen molar-refractivity contribution in [2.45, 2.75) is 6.42 Å². The Morgan fingerprint density at radius 1 is 1.35 bits per heavy atom. The molecule has 0 aliphatic carbocycles. The second-order valence-corrected chi connectivity index (χ2v) is 5.21. The number of carbonyl (C=O) groups is 2. The number of rotatable bonds is 2. The zero-order chi connectivity index (χ0) is 19.5. The highest BCUT2D eigenvalue weighted by molar-refractivity contribution is 5.90. The Labute approximate surface area is 150 Å². The van der Waals surface area contributed by atoms with Gasteiger partial charge in [-0.3, -0.25) is 10.0 Å². The number of hydrogen-bond donors (Lipinski definition) is 3. The predicted octanol–water partition coefficient (Wildman–Crippen LogP) is 1.94. The van der Waals surface area contributed by atoms with Gasteiger partial charge < -0.3 is 14.8 Å². The molecule has 3 rings (SSSR count). The van der Waals surface area contributed by atoms with Gasteiger partial charge in [0.1, 0.15) is 24.2 Å². The number of anilines is 1. The lowest BCUT2D eigenvalue weighted by molar-refractivity contribution is -0.124. The molecule has 1 aromatic carbocycles. The summed E-state index contributed by atoms with van der Waals surface area (Å²) in [5.41, 5.74) is 3.59. The van der Waals surface area contributed by atoms with Crippen LogP contribution < -0.4 is 10.4 Å². The van der Waals surface area contributed by atoms with E-state index in [0.29, 0.717) is 0 Å². The summed E-state index contributed by atoms with van der Waals surface area (Å²) >= 11 is 0. The van der Waals surface area contributed by atoms with Gasteiger partial charge in [0.15, 0.2) is 0 Å². The van der Waals surface area contributed by atoms with Gasteiger partial charge in [0.25, 0.3) is 5.91 Å². The van der Waals surface area contributed by atoms with Gasteiger partial charge in [-0.05, 0) is 54.0 Å². The summed E-state index contributed by atoms with van der Waals surface area (Å²) in [5, 5.41) is 16.9. The molecule has 0 unspecified atom stereocenters. The molecule has 1 aliphatic heterocycles. The van der Waals surface area contributed by atoms with Gasteiger partial charge in [0.05, 0.1) is 0 Å². The van der Waals surface area contributed by atoms with Crippen molar-refractivity contribution in [3.63, 3.8) is 0 Å². The predicted molar refractivity (Wildman–Crippen MR) is 95.4 cm³/mol. The normalized spacial score (nSPS) is 11.7. The van der Waals surface area contributed by atoms with Crippen molar-refractivity contribution in [3.05, 3.63) is 59.5 Å². The topological polar surface area (TPSA) is 103 Å². The van der Waals surface area contributed by atoms with E-state index in [9.17, 15) is 9.18 Å². The molecular formula is C18H20FN3O4. The van der Waals surface area contributed by atoms with E-state index in [-0.39, 0.29) is 11.6 Å². The number of aromatic nitrogens is 1. The molecule has 2 heterocycles. The summed E-state index contributed by atoms with van der Waals surface area (Å²) in [4.78, 5) is 25.2. The summed E-state index contributed by atoms with van der Waals surface area (Å²) in [7, 11) is 2.01. The van der Waals surface area contributed by atoms with Gasteiger partial charge in [0.2, 0.25) is 0 Å². The molecule has 3 N–H and O–H groups in total. The van der Waals surface area contributed by atoms with Gasteiger partial charge in [-0.15, -0.1) is 0 Å². The first kappa shape index (κ1) is 20.8. The van der Waals surface area contributed by atoms with Crippen LogP contribution in [0.25, 0.3) is 6.08 Å². The third-order valence-electron chi connectivity index (χ3n) is 3.41. The number of benzene rings is 1. The van der Waals surface area contributed by atoms with Crippen LogP contribution >= 0.6 is 0 Å². The lowest BCUT2D eigenvalue weighted by Crippen LogP contribution is -2.14. The molecule has 0 atom stereocenters. The number of hydroxylamine groups is 1. The van der Waals surface area contributed by atoms with E-state index >= 15 is 0 Å². The van der Waals surface area contributed by atoms with Crippen LogP contribution in [0.15, 0.2) is 42.6 Å². The van der Waals surface area contributed by atoms with Crippen LogP contribution in [0, 0.1) is 5.82 Å². The number of carbonyl (C=O) groups excluding carboxylic acids is 2. The molecule has 7 nitrogen and oxygen atoms in total. The van der Waals surface area contributed by atoms with Gasteiger partial charge in [-0.1, -0.05) is 0 Å². The van der Waals surface area contributed by atoms with Crippen LogP contribution in [0.1, 0.15) is 11.1 Å². The van der Waals surface area contributed by atoms with Gasteiger partial charge in [0, 0.05) is 25.9 Å². The summed E-state index contributed by atoms with van der Waals surface area (Å²) in [6.07, 6.45) is 5.58. The smallest absolute Gasteiger partial charge is 0.267 e. The molecule has 138 valence electrons. The van der Waals surface area contributed by atoms with Crippen LogP contribution in [-0.4, -0.2) is 41.6 Å². The van der Waals surface area contributed by atoms with Crippen molar-refractivity contribution in [1.82, 2.24) is 10.5 Å². The van der Waals surface area contributed by atoms with Crippen LogP contribution in [0.2, 0.25) is 0 Å². The molecule has 0 fully saturated rings. The SMILES string of the molecule is C=O.CN1CCc2cc(/C=C/C(=O)NO)cnc21.Oc1ccc(F)cc1. The molecule has 1 aliphatic rings. The summed E-state index contributed by atoms with van der Waals surface area (Å²) in [5.74, 6) is 0.218. The van der Waals surface area contributed by atoms with Crippen molar-refractivity contribution in [2.24, 2.45) is 0 Å². The monoisotopic (exact) mass is 361 g/mol. The number of pyridine rings is 1. The van der Waals surface area contributed by atoms with Crippen LogP contribution in [-0.2, 0) is 16.0 Å². The molecule has 26 heavy (non-hydrogen) atoms. The van der Waals surface area contributed by atoms with Gasteiger partial charge >= 0.3 is 0 Å². The van der Waals surface area contributed by atoms with Crippen LogP contribution in [0.5, 0.6) is 5.75 Å². The highest BCUT2D eigenvalue weighted by atomic mass is 19.1. The molecule has 8 heteroatoms. The van der Waals surface area contributed by atoms with Crippen LogP contribution in [0.3, 0.4) is 0 Å². The Hall–Kier alpha value is -3.26. The minimum Gasteiger partial charge on any atom is -0.508 e. The first-order valence-electron chi connectivity index (χ1n) is 7.55. The van der Waals surface area contributed by atoms with E-state index in [1.165, 1.54) is 35.9 Å². The fraction of sp³-hybridized carbons (Fsp3) is 0.167. The maximum absolute atomic E-state index is 12.0. The highest BCUT2D eigenvalue weighted by Crippen LogP contribution is 2.24. The summed E-state index contributed by atoms with van der Waals surface area (Å²) < 4.78 is 12.0. The Morgan fingerprint density at radius 2 is 2.00 bits per heavy atom. The maximum Gasteiger partial charge on any atom is 0.267 e. The average molecular weight is 361 g/mol. The lowest BCUT2D eigenvalue weighted by atomic mass is 10.1. The number of phenolic OH excluding ortho intramolecular Hbond substituents is 1. The molecule has 1 amide bonds. The quantitative estimate of drug-likeness (QED) is 0.429. The zero-order valence-electron chi connectivity index (χ0n) is 14.2. The average Bonchev–Trinajstić information content (AvgIpc) is 3.04. The number of nitrogens with zero attached hydrogens (tertiary/aromatic N) is 2. The van der Waals surface area contributed by atoms with Crippen molar-refractivity contribution in [1.29, 1.82) is 0 Å². The molecule has 0 saturated carbocycles. The molecule has 2 aromatic rings.